The normalized spacial score (nSPS) is 14.7. The van der Waals surface area contributed by atoms with Crippen molar-refractivity contribution in [2.24, 2.45) is 0 Å². The van der Waals surface area contributed by atoms with E-state index in [1.54, 1.807) is 48.5 Å². The second-order valence-corrected chi connectivity index (χ2v) is 9.54. The third kappa shape index (κ3) is 5.44. The number of benzene rings is 3. The summed E-state index contributed by atoms with van der Waals surface area (Å²) in [5, 5.41) is 11.8. The van der Waals surface area contributed by atoms with Crippen LogP contribution in [0.1, 0.15) is 21.5 Å². The molecule has 3 aromatic rings. The van der Waals surface area contributed by atoms with E-state index in [0.29, 0.717) is 15.8 Å². The van der Waals surface area contributed by atoms with Gasteiger partial charge in [-0.25, -0.2) is 4.79 Å². The molecule has 0 aromatic heterocycles. The zero-order chi connectivity index (χ0) is 26.0. The molecule has 4 rings (SSSR count). The molecule has 3 aromatic carbocycles. The van der Waals surface area contributed by atoms with Gasteiger partial charge in [0.25, 0.3) is 11.8 Å². The summed E-state index contributed by atoms with van der Waals surface area (Å²) in [7, 11) is 0. The van der Waals surface area contributed by atoms with Gasteiger partial charge in [0.05, 0.1) is 25.8 Å². The fraction of sp³-hybridized carbons (Fsp3) is 0.0400. The second kappa shape index (κ2) is 10.8. The van der Waals surface area contributed by atoms with Crippen molar-refractivity contribution in [3.63, 3.8) is 0 Å². The number of hydrogen-bond donors (Lipinski definition) is 2. The van der Waals surface area contributed by atoms with Crippen LogP contribution in [0, 0.1) is 0 Å². The lowest BCUT2D eigenvalue weighted by Crippen LogP contribution is -2.54. The van der Waals surface area contributed by atoms with Gasteiger partial charge in [0, 0.05) is 0 Å². The maximum Gasteiger partial charge on any atom is 0.335 e. The average molecular weight is 606 g/mol. The van der Waals surface area contributed by atoms with Gasteiger partial charge in [-0.05, 0) is 81.7 Å². The number of hydrogen-bond acceptors (Lipinski definition) is 5. The highest BCUT2D eigenvalue weighted by molar-refractivity contribution is 9.10. The smallest absolute Gasteiger partial charge is 0.335 e. The molecule has 1 saturated heterocycles. The first-order chi connectivity index (χ1) is 17.2. The van der Waals surface area contributed by atoms with E-state index in [-0.39, 0.29) is 38.6 Å². The number of carboxylic acids is 1. The van der Waals surface area contributed by atoms with E-state index >= 15 is 0 Å². The van der Waals surface area contributed by atoms with Crippen LogP contribution in [0.15, 0.2) is 70.7 Å². The molecule has 0 saturated carbocycles. The molecule has 36 heavy (non-hydrogen) atoms. The Hall–Kier alpha value is -3.24. The van der Waals surface area contributed by atoms with Gasteiger partial charge in [0.1, 0.15) is 17.9 Å². The molecule has 2 N–H and O–H groups in total. The largest absolute Gasteiger partial charge is 0.488 e. The number of carbonyl (C=O) groups excluding carboxylic acids is 2. The van der Waals surface area contributed by atoms with Gasteiger partial charge < -0.3 is 9.84 Å². The van der Waals surface area contributed by atoms with Crippen molar-refractivity contribution in [3.05, 3.63) is 97.4 Å². The number of nitrogens with zero attached hydrogens (tertiary/aromatic N) is 1. The minimum Gasteiger partial charge on any atom is -0.488 e. The molecule has 1 aliphatic heterocycles. The van der Waals surface area contributed by atoms with Crippen LogP contribution in [0.3, 0.4) is 0 Å². The fourth-order valence-corrected chi connectivity index (χ4v) is 4.50. The monoisotopic (exact) mass is 604 g/mol. The van der Waals surface area contributed by atoms with Gasteiger partial charge >= 0.3 is 5.97 Å². The molecule has 0 radical (unpaired) electrons. The summed E-state index contributed by atoms with van der Waals surface area (Å²) in [5.74, 6) is -1.76. The SMILES string of the molecule is O=C1NC(=S)N(c2cccc(Cl)c2Cl)C(=O)/C1=C/c1ccc(OCc2ccc(C(=O)O)cc2)c(Br)c1. The molecule has 0 bridgehead atoms. The Morgan fingerprint density at radius 1 is 1.11 bits per heavy atom. The Labute approximate surface area is 229 Å². The highest BCUT2D eigenvalue weighted by Crippen LogP contribution is 2.35. The first kappa shape index (κ1) is 25.8. The lowest BCUT2D eigenvalue weighted by Gasteiger charge is -2.29. The van der Waals surface area contributed by atoms with Crippen molar-refractivity contribution < 1.29 is 24.2 Å². The lowest BCUT2D eigenvalue weighted by atomic mass is 10.1. The van der Waals surface area contributed by atoms with Gasteiger partial charge in [-0.1, -0.05) is 47.5 Å². The Kier molecular flexibility index (Phi) is 7.75. The van der Waals surface area contributed by atoms with Crippen molar-refractivity contribution in [2.45, 2.75) is 6.61 Å². The number of anilines is 1. The van der Waals surface area contributed by atoms with Crippen molar-refractivity contribution in [1.82, 2.24) is 5.32 Å². The first-order valence-electron chi connectivity index (χ1n) is 10.3. The molecule has 182 valence electrons. The van der Waals surface area contributed by atoms with Crippen LogP contribution in [0.5, 0.6) is 5.75 Å². The van der Waals surface area contributed by atoms with Crippen LogP contribution < -0.4 is 15.0 Å². The van der Waals surface area contributed by atoms with Gasteiger partial charge in [0.15, 0.2) is 5.11 Å². The van der Waals surface area contributed by atoms with Crippen LogP contribution in [-0.2, 0) is 16.2 Å². The number of rotatable bonds is 6. The van der Waals surface area contributed by atoms with Crippen LogP contribution >= 0.6 is 51.3 Å². The van der Waals surface area contributed by atoms with E-state index in [2.05, 4.69) is 21.2 Å². The predicted octanol–water partition coefficient (Wildman–Crippen LogP) is 5.86. The Bertz CT molecular complexity index is 1440. The van der Waals surface area contributed by atoms with Crippen molar-refractivity contribution >= 4 is 86.0 Å². The number of carboxylic acid groups (broad SMARTS) is 1. The lowest BCUT2D eigenvalue weighted by molar-refractivity contribution is -0.122. The summed E-state index contributed by atoms with van der Waals surface area (Å²) in [5.41, 5.74) is 1.66. The minimum atomic E-state index is -0.999. The van der Waals surface area contributed by atoms with E-state index in [1.807, 2.05) is 0 Å². The molecule has 0 atom stereocenters. The van der Waals surface area contributed by atoms with E-state index in [1.165, 1.54) is 18.2 Å². The average Bonchev–Trinajstić information content (AvgIpc) is 2.84. The van der Waals surface area contributed by atoms with Gasteiger partial charge in [-0.3, -0.25) is 19.8 Å². The quantitative estimate of drug-likeness (QED) is 0.207. The number of ether oxygens (including phenoxy) is 1. The molecule has 0 unspecified atom stereocenters. The summed E-state index contributed by atoms with van der Waals surface area (Å²) in [6.07, 6.45) is 1.43. The topological polar surface area (TPSA) is 95.9 Å². The molecule has 1 heterocycles. The number of nitrogens with one attached hydrogen (secondary N) is 1. The summed E-state index contributed by atoms with van der Waals surface area (Å²) < 4.78 is 6.40. The number of aromatic carboxylic acids is 1. The van der Waals surface area contributed by atoms with Crippen LogP contribution in [0.4, 0.5) is 5.69 Å². The molecule has 11 heteroatoms. The zero-order valence-corrected chi connectivity index (χ0v) is 22.0. The van der Waals surface area contributed by atoms with Crippen molar-refractivity contribution in [3.8, 4) is 5.75 Å². The highest BCUT2D eigenvalue weighted by Gasteiger charge is 2.35. The zero-order valence-electron chi connectivity index (χ0n) is 18.1. The number of amides is 2. The molecular formula is C25H15BrCl2N2O5S. The summed E-state index contributed by atoms with van der Waals surface area (Å²) >= 11 is 21.0. The fourth-order valence-electron chi connectivity index (χ4n) is 3.34. The molecule has 0 aliphatic carbocycles. The van der Waals surface area contributed by atoms with E-state index < -0.39 is 17.8 Å². The maximum absolute atomic E-state index is 13.2. The molecular weight excluding hydrogens is 591 g/mol. The van der Waals surface area contributed by atoms with Gasteiger partial charge in [-0.15, -0.1) is 0 Å². The van der Waals surface area contributed by atoms with Crippen LogP contribution in [0.2, 0.25) is 10.0 Å². The molecule has 7 nitrogen and oxygen atoms in total. The second-order valence-electron chi connectivity index (χ2n) is 7.51. The van der Waals surface area contributed by atoms with E-state index in [0.717, 1.165) is 10.5 Å². The van der Waals surface area contributed by atoms with Gasteiger partial charge in [0.2, 0.25) is 0 Å². The maximum atomic E-state index is 13.2. The Morgan fingerprint density at radius 2 is 1.83 bits per heavy atom. The molecule has 2 amide bonds. The Morgan fingerprint density at radius 3 is 2.50 bits per heavy atom. The third-order valence-electron chi connectivity index (χ3n) is 5.14. The Balaban J connectivity index is 1.55. The van der Waals surface area contributed by atoms with E-state index in [4.69, 9.17) is 45.3 Å². The summed E-state index contributed by atoms with van der Waals surface area (Å²) in [4.78, 5) is 37.9. The van der Waals surface area contributed by atoms with Gasteiger partial charge in [-0.2, -0.15) is 0 Å². The standard InChI is InChI=1S/C25H15BrCl2N2O5S/c26-17-11-14(6-9-20(17)35-12-13-4-7-15(8-5-13)24(33)34)10-16-22(31)29-25(36)30(23(16)32)19-3-1-2-18(27)21(19)28/h1-11H,12H2,(H,33,34)(H,29,31,36)/b16-10+. The van der Waals surface area contributed by atoms with Crippen molar-refractivity contribution in [1.29, 1.82) is 0 Å². The van der Waals surface area contributed by atoms with Crippen LogP contribution in [0.25, 0.3) is 6.08 Å². The minimum absolute atomic E-state index is 0.104. The van der Waals surface area contributed by atoms with Crippen molar-refractivity contribution in [2.75, 3.05) is 4.90 Å². The molecule has 1 aliphatic rings. The first-order valence-corrected chi connectivity index (χ1v) is 12.2. The van der Waals surface area contributed by atoms with Crippen LogP contribution in [-0.4, -0.2) is 28.0 Å². The summed E-state index contributed by atoms with van der Waals surface area (Å²) in [6.45, 7) is 0.215. The number of thiocarbonyl (C=S) groups is 1. The highest BCUT2D eigenvalue weighted by atomic mass is 79.9. The molecule has 0 spiro atoms. The summed E-state index contributed by atoms with van der Waals surface area (Å²) in [6, 6.07) is 16.2. The number of halogens is 3. The third-order valence-corrected chi connectivity index (χ3v) is 6.85. The molecule has 1 fully saturated rings. The predicted molar refractivity (Wildman–Crippen MR) is 145 cm³/mol. The number of carbonyl (C=O) groups is 3. The van der Waals surface area contributed by atoms with E-state index in [9.17, 15) is 14.4 Å².